The molecule has 6 heteroatoms. The highest BCUT2D eigenvalue weighted by Crippen LogP contribution is 2.40. The molecule has 3 atom stereocenters. The smallest absolute Gasteiger partial charge is 0.305 e. The number of carbonyl (C=O) groups excluding carboxylic acids is 1. The molecule has 0 bridgehead atoms. The maximum atomic E-state index is 12.1. The molecule has 2 N–H and O–H groups in total. The fourth-order valence-corrected chi connectivity index (χ4v) is 4.45. The maximum Gasteiger partial charge on any atom is 0.305 e. The number of carboxylic acid groups (broad SMARTS) is 2. The Hall–Kier alpha value is -1.59. The van der Waals surface area contributed by atoms with Crippen LogP contribution in [-0.4, -0.2) is 34.7 Å². The van der Waals surface area contributed by atoms with Crippen molar-refractivity contribution in [1.29, 1.82) is 0 Å². The lowest BCUT2D eigenvalue weighted by Gasteiger charge is -2.36. The summed E-state index contributed by atoms with van der Waals surface area (Å²) in [6, 6.07) is 0. The second-order valence-corrected chi connectivity index (χ2v) is 9.07. The minimum absolute atomic E-state index is 0.133. The molecule has 3 unspecified atom stereocenters. The van der Waals surface area contributed by atoms with Crippen LogP contribution in [0.15, 0.2) is 0 Å². The number of ether oxygens (including phenoxy) is 1. The topological polar surface area (TPSA) is 101 Å². The van der Waals surface area contributed by atoms with Crippen molar-refractivity contribution in [2.24, 2.45) is 23.7 Å². The van der Waals surface area contributed by atoms with Crippen molar-refractivity contribution in [3.05, 3.63) is 0 Å². The molecule has 1 aliphatic rings. The third-order valence-electron chi connectivity index (χ3n) is 6.15. The van der Waals surface area contributed by atoms with Crippen LogP contribution in [0.25, 0.3) is 0 Å². The van der Waals surface area contributed by atoms with Gasteiger partial charge in [0.05, 0.1) is 6.61 Å². The molecule has 0 aliphatic heterocycles. The van der Waals surface area contributed by atoms with Gasteiger partial charge in [0.15, 0.2) is 0 Å². The summed E-state index contributed by atoms with van der Waals surface area (Å²) in [5.41, 5.74) is 0. The van der Waals surface area contributed by atoms with Crippen molar-refractivity contribution in [1.82, 2.24) is 0 Å². The first-order valence-corrected chi connectivity index (χ1v) is 11.4. The molecule has 0 aromatic heterocycles. The average molecular weight is 413 g/mol. The van der Waals surface area contributed by atoms with Crippen LogP contribution in [-0.2, 0) is 19.1 Å². The second kappa shape index (κ2) is 14.4. The highest BCUT2D eigenvalue weighted by atomic mass is 16.5. The van der Waals surface area contributed by atoms with Crippen LogP contribution in [0.5, 0.6) is 0 Å². The van der Waals surface area contributed by atoms with E-state index in [-0.39, 0.29) is 24.7 Å². The van der Waals surface area contributed by atoms with Gasteiger partial charge in [-0.1, -0.05) is 39.5 Å². The largest absolute Gasteiger partial charge is 0.481 e. The van der Waals surface area contributed by atoms with Crippen LogP contribution in [0.3, 0.4) is 0 Å². The molecule has 0 heterocycles. The summed E-state index contributed by atoms with van der Waals surface area (Å²) in [5, 5.41) is 17.9. The Morgan fingerprint density at radius 1 is 0.862 bits per heavy atom. The van der Waals surface area contributed by atoms with Gasteiger partial charge in [-0.25, -0.2) is 0 Å². The fraction of sp³-hybridized carbons (Fsp3) is 0.870. The van der Waals surface area contributed by atoms with Crippen molar-refractivity contribution >= 4 is 17.9 Å². The van der Waals surface area contributed by atoms with Gasteiger partial charge in [0.1, 0.15) is 0 Å². The predicted octanol–water partition coefficient (Wildman–Crippen LogP) is 5.29. The van der Waals surface area contributed by atoms with Gasteiger partial charge in [0.25, 0.3) is 0 Å². The lowest BCUT2D eigenvalue weighted by atomic mass is 9.69. The van der Waals surface area contributed by atoms with E-state index in [2.05, 4.69) is 13.8 Å². The Morgan fingerprint density at radius 2 is 1.52 bits per heavy atom. The number of hydrogen-bond donors (Lipinski definition) is 2. The van der Waals surface area contributed by atoms with Crippen LogP contribution >= 0.6 is 0 Å². The number of hydrogen-bond acceptors (Lipinski definition) is 4. The first-order valence-electron chi connectivity index (χ1n) is 11.4. The molecule has 0 amide bonds. The molecule has 1 aliphatic carbocycles. The summed E-state index contributed by atoms with van der Waals surface area (Å²) < 4.78 is 5.36. The average Bonchev–Trinajstić information content (AvgIpc) is 2.66. The van der Waals surface area contributed by atoms with E-state index in [0.29, 0.717) is 43.6 Å². The van der Waals surface area contributed by atoms with Gasteiger partial charge in [0, 0.05) is 19.3 Å². The van der Waals surface area contributed by atoms with E-state index in [1.165, 1.54) is 12.8 Å². The lowest BCUT2D eigenvalue weighted by molar-refractivity contribution is -0.144. The number of rotatable bonds is 15. The molecule has 1 fully saturated rings. The Kier molecular flexibility index (Phi) is 12.6. The van der Waals surface area contributed by atoms with Crippen molar-refractivity contribution in [3.8, 4) is 0 Å². The number of carboxylic acids is 2. The molecule has 29 heavy (non-hydrogen) atoms. The summed E-state index contributed by atoms with van der Waals surface area (Å²) in [4.78, 5) is 33.9. The molecule has 168 valence electrons. The fourth-order valence-electron chi connectivity index (χ4n) is 4.45. The van der Waals surface area contributed by atoms with Gasteiger partial charge < -0.3 is 14.9 Å². The van der Waals surface area contributed by atoms with Gasteiger partial charge in [-0.15, -0.1) is 0 Å². The highest BCUT2D eigenvalue weighted by molar-refractivity contribution is 5.69. The van der Waals surface area contributed by atoms with Gasteiger partial charge in [-0.2, -0.15) is 0 Å². The number of esters is 1. The Morgan fingerprint density at radius 3 is 2.17 bits per heavy atom. The number of carbonyl (C=O) groups is 3. The monoisotopic (exact) mass is 412 g/mol. The number of aliphatic carboxylic acids is 2. The van der Waals surface area contributed by atoms with Gasteiger partial charge in [0.2, 0.25) is 0 Å². The zero-order valence-corrected chi connectivity index (χ0v) is 18.2. The van der Waals surface area contributed by atoms with Gasteiger partial charge >= 0.3 is 17.9 Å². The quantitative estimate of drug-likeness (QED) is 0.280. The Balaban J connectivity index is 2.33. The maximum absolute atomic E-state index is 12.1. The van der Waals surface area contributed by atoms with E-state index in [1.54, 1.807) is 0 Å². The van der Waals surface area contributed by atoms with Crippen LogP contribution in [0.2, 0.25) is 0 Å². The molecular formula is C23H40O6. The SMILES string of the molecule is CC(C)CCCCCOC(=O)CCC1CCC(CCC(=O)O)CC1CCC(=O)O. The molecule has 0 spiro atoms. The van der Waals surface area contributed by atoms with Crippen LogP contribution in [0.1, 0.15) is 97.3 Å². The van der Waals surface area contributed by atoms with E-state index in [1.807, 2.05) is 0 Å². The standard InChI is InChI=1S/C23H40O6/c1-17(2)6-4-3-5-15-29-23(28)14-11-19-9-7-18(8-12-21(24)25)16-20(19)10-13-22(26)27/h17-20H,3-16H2,1-2H3,(H,24,25)(H,26,27). The molecule has 6 nitrogen and oxygen atoms in total. The van der Waals surface area contributed by atoms with Gasteiger partial charge in [-0.05, 0) is 62.2 Å². The van der Waals surface area contributed by atoms with Crippen LogP contribution < -0.4 is 0 Å². The van der Waals surface area contributed by atoms with E-state index >= 15 is 0 Å². The van der Waals surface area contributed by atoms with E-state index in [0.717, 1.165) is 38.5 Å². The first kappa shape index (κ1) is 25.4. The lowest BCUT2D eigenvalue weighted by Crippen LogP contribution is -2.27. The van der Waals surface area contributed by atoms with Gasteiger partial charge in [-0.3, -0.25) is 14.4 Å². The normalized spacial score (nSPS) is 21.8. The predicted molar refractivity (Wildman–Crippen MR) is 112 cm³/mol. The Bertz CT molecular complexity index is 502. The van der Waals surface area contributed by atoms with Crippen molar-refractivity contribution in [3.63, 3.8) is 0 Å². The minimum Gasteiger partial charge on any atom is -0.481 e. The Labute approximate surface area is 175 Å². The summed E-state index contributed by atoms with van der Waals surface area (Å²) in [6.07, 6.45) is 9.85. The molecule has 0 radical (unpaired) electrons. The number of unbranched alkanes of at least 4 members (excludes halogenated alkanes) is 2. The summed E-state index contributed by atoms with van der Waals surface area (Å²) in [5.74, 6) is -0.0884. The third kappa shape index (κ3) is 12.6. The second-order valence-electron chi connectivity index (χ2n) is 9.07. The summed E-state index contributed by atoms with van der Waals surface area (Å²) in [6.45, 7) is 4.91. The van der Waals surface area contributed by atoms with E-state index in [4.69, 9.17) is 14.9 Å². The van der Waals surface area contributed by atoms with Crippen molar-refractivity contribution in [2.45, 2.75) is 97.3 Å². The minimum atomic E-state index is -0.798. The van der Waals surface area contributed by atoms with E-state index < -0.39 is 11.9 Å². The van der Waals surface area contributed by atoms with Crippen LogP contribution in [0, 0.1) is 23.7 Å². The highest BCUT2D eigenvalue weighted by Gasteiger charge is 2.31. The summed E-state index contributed by atoms with van der Waals surface area (Å²) >= 11 is 0. The molecule has 1 rings (SSSR count). The van der Waals surface area contributed by atoms with Crippen molar-refractivity contribution < 1.29 is 29.3 Å². The molecule has 0 aromatic carbocycles. The molecular weight excluding hydrogens is 372 g/mol. The first-order chi connectivity index (χ1) is 13.8. The van der Waals surface area contributed by atoms with Crippen molar-refractivity contribution in [2.75, 3.05) is 6.61 Å². The van der Waals surface area contributed by atoms with Crippen LogP contribution in [0.4, 0.5) is 0 Å². The molecule has 1 saturated carbocycles. The zero-order valence-electron chi connectivity index (χ0n) is 18.2. The molecule has 0 aromatic rings. The molecule has 0 saturated heterocycles. The van der Waals surface area contributed by atoms with E-state index in [9.17, 15) is 14.4 Å². The summed E-state index contributed by atoms with van der Waals surface area (Å²) in [7, 11) is 0. The third-order valence-corrected chi connectivity index (χ3v) is 6.15. The zero-order chi connectivity index (χ0) is 21.6.